The topological polar surface area (TPSA) is 84.7 Å². The van der Waals surface area contributed by atoms with E-state index in [-0.39, 0.29) is 23.7 Å². The summed E-state index contributed by atoms with van der Waals surface area (Å²) in [5.41, 5.74) is 5.67. The minimum atomic E-state index is -0.490. The Balaban J connectivity index is 2.22. The quantitative estimate of drug-likeness (QED) is 0.351. The van der Waals surface area contributed by atoms with Gasteiger partial charge in [0.1, 0.15) is 0 Å². The van der Waals surface area contributed by atoms with Gasteiger partial charge >= 0.3 is 0 Å². The molecule has 0 saturated carbocycles. The Morgan fingerprint density at radius 1 is 1.54 bits per heavy atom. The van der Waals surface area contributed by atoms with E-state index in [1.54, 1.807) is 6.08 Å². The van der Waals surface area contributed by atoms with Crippen molar-refractivity contribution in [1.29, 1.82) is 0 Å². The first-order valence-electron chi connectivity index (χ1n) is 9.50. The lowest BCUT2D eigenvalue weighted by atomic mass is 9.81. The molecule has 3 N–H and O–H groups in total. The molecule has 2 saturated heterocycles. The number of carbonyl (C=O) groups excluding carboxylic acids is 2. The van der Waals surface area contributed by atoms with Gasteiger partial charge in [0.05, 0.1) is 29.8 Å². The number of amides is 2. The molecule has 2 rings (SSSR count). The molecule has 8 heteroatoms. The molecular formula is C18H33N3O3P2. The van der Waals surface area contributed by atoms with Gasteiger partial charge in [0.15, 0.2) is 0 Å². The fourth-order valence-electron chi connectivity index (χ4n) is 3.92. The van der Waals surface area contributed by atoms with Crippen molar-refractivity contribution in [2.45, 2.75) is 50.6 Å². The van der Waals surface area contributed by atoms with E-state index in [2.05, 4.69) is 34.4 Å². The van der Waals surface area contributed by atoms with E-state index in [4.69, 9.17) is 10.5 Å². The minimum Gasteiger partial charge on any atom is -0.369 e. The van der Waals surface area contributed by atoms with Gasteiger partial charge in [-0.15, -0.1) is 15.5 Å². The highest BCUT2D eigenvalue weighted by molar-refractivity contribution is 8.13. The average Bonchev–Trinajstić information content (AvgIpc) is 2.99. The van der Waals surface area contributed by atoms with Gasteiger partial charge in [0, 0.05) is 13.1 Å². The summed E-state index contributed by atoms with van der Waals surface area (Å²) in [6, 6.07) is 0. The highest BCUT2D eigenvalue weighted by Crippen LogP contribution is 2.54. The third-order valence-corrected chi connectivity index (χ3v) is 7.74. The molecule has 6 nitrogen and oxygen atoms in total. The van der Waals surface area contributed by atoms with Crippen molar-refractivity contribution in [3.05, 3.63) is 12.7 Å². The van der Waals surface area contributed by atoms with Crippen molar-refractivity contribution < 1.29 is 14.3 Å². The van der Waals surface area contributed by atoms with Gasteiger partial charge in [-0.3, -0.25) is 9.59 Å². The predicted molar refractivity (Wildman–Crippen MR) is 110 cm³/mol. The van der Waals surface area contributed by atoms with Crippen molar-refractivity contribution >= 4 is 28.4 Å². The lowest BCUT2D eigenvalue weighted by Gasteiger charge is -2.43. The van der Waals surface area contributed by atoms with E-state index >= 15 is 0 Å². The highest BCUT2D eigenvalue weighted by Gasteiger charge is 2.55. The molecule has 0 spiro atoms. The summed E-state index contributed by atoms with van der Waals surface area (Å²) in [4.78, 5) is 28.1. The molecule has 0 aliphatic carbocycles. The summed E-state index contributed by atoms with van der Waals surface area (Å²) in [5, 5.41) is 2.98. The maximum Gasteiger partial charge on any atom is 0.229 e. The first kappa shape index (κ1) is 21.8. The number of hydrogen-bond donors (Lipinski definition) is 2. The van der Waals surface area contributed by atoms with Crippen LogP contribution in [0.1, 0.15) is 32.6 Å². The summed E-state index contributed by atoms with van der Waals surface area (Å²) in [5.74, 6) is -0.811. The summed E-state index contributed by atoms with van der Waals surface area (Å²) >= 11 is 0. The molecular weight excluding hydrogens is 368 g/mol. The monoisotopic (exact) mass is 401 g/mol. The molecule has 4 unspecified atom stereocenters. The van der Waals surface area contributed by atoms with Crippen molar-refractivity contribution in [3.63, 3.8) is 0 Å². The normalized spacial score (nSPS) is 32.2. The smallest absolute Gasteiger partial charge is 0.229 e. The number of likely N-dealkylation sites (tertiary alicyclic amines) is 1. The van der Waals surface area contributed by atoms with Gasteiger partial charge < -0.3 is 20.7 Å². The van der Waals surface area contributed by atoms with Gasteiger partial charge in [0.2, 0.25) is 11.8 Å². The number of fused-ring (bicyclic) bond motifs is 1. The number of unbranched alkanes of at least 4 members (excludes halogenated alkanes) is 1. The second-order valence-electron chi connectivity index (χ2n) is 7.13. The SMILES string of the molecule is C=C[C@@H]1O[C@@H]2CC(P(C)P)N(CCCN)C(=O)[C@H]2C1C(=O)NCCCC. The second kappa shape index (κ2) is 10.1. The molecule has 2 heterocycles. The van der Waals surface area contributed by atoms with E-state index in [1.165, 1.54) is 0 Å². The third kappa shape index (κ3) is 4.65. The van der Waals surface area contributed by atoms with Gasteiger partial charge in [-0.2, -0.15) is 0 Å². The Morgan fingerprint density at radius 2 is 2.27 bits per heavy atom. The molecule has 0 aromatic heterocycles. The molecule has 148 valence electrons. The molecule has 0 aromatic rings. The molecule has 0 aromatic carbocycles. The van der Waals surface area contributed by atoms with Crippen LogP contribution >= 0.6 is 16.5 Å². The van der Waals surface area contributed by atoms with Crippen LogP contribution in [0.25, 0.3) is 0 Å². The van der Waals surface area contributed by atoms with Crippen LogP contribution in [-0.4, -0.2) is 61.0 Å². The van der Waals surface area contributed by atoms with Gasteiger partial charge in [-0.1, -0.05) is 27.0 Å². The Morgan fingerprint density at radius 3 is 2.85 bits per heavy atom. The lowest BCUT2D eigenvalue weighted by molar-refractivity contribution is -0.146. The van der Waals surface area contributed by atoms with E-state index in [1.807, 2.05) is 4.90 Å². The summed E-state index contributed by atoms with van der Waals surface area (Å²) < 4.78 is 6.11. The Hall–Kier alpha value is -0.540. The zero-order valence-corrected chi connectivity index (χ0v) is 17.9. The standard InChI is InChI=1S/C18H33N3O3P2/c1-4-6-9-20-17(22)15-12(5-2)24-13-11-14(26(3)25)21(10-7-8-19)18(23)16(13)15/h5,12-16H,2,4,6-11,19,25H2,1,3H3,(H,20,22)/t12-,13+,14?,15?,16+,26?/m0/s1. The number of ether oxygens (including phenoxy) is 1. The third-order valence-electron chi connectivity index (χ3n) is 5.28. The number of hydrogen-bond acceptors (Lipinski definition) is 4. The van der Waals surface area contributed by atoms with Gasteiger partial charge in [-0.05, 0) is 32.5 Å². The largest absolute Gasteiger partial charge is 0.369 e. The summed E-state index contributed by atoms with van der Waals surface area (Å²) in [6.07, 6.45) is 4.54. The fraction of sp³-hybridized carbons (Fsp3) is 0.778. The Bertz CT molecular complexity index is 518. The number of piperidine rings is 1. The highest BCUT2D eigenvalue weighted by atomic mass is 32.0. The van der Waals surface area contributed by atoms with E-state index in [0.29, 0.717) is 19.6 Å². The van der Waals surface area contributed by atoms with Crippen molar-refractivity contribution in [2.75, 3.05) is 26.3 Å². The zero-order chi connectivity index (χ0) is 19.3. The number of nitrogens with two attached hydrogens (primary N) is 1. The van der Waals surface area contributed by atoms with Crippen LogP contribution in [-0.2, 0) is 14.3 Å². The maximum atomic E-state index is 13.3. The number of rotatable bonds is 9. The van der Waals surface area contributed by atoms with E-state index in [0.717, 1.165) is 25.7 Å². The van der Waals surface area contributed by atoms with Gasteiger partial charge in [0.25, 0.3) is 0 Å². The molecule has 0 radical (unpaired) electrons. The molecule has 26 heavy (non-hydrogen) atoms. The molecule has 2 aliphatic heterocycles. The van der Waals surface area contributed by atoms with Crippen molar-refractivity contribution in [2.24, 2.45) is 17.6 Å². The van der Waals surface area contributed by atoms with Crippen LogP contribution in [0, 0.1) is 11.8 Å². The first-order valence-corrected chi connectivity index (χ1v) is 13.0. The lowest BCUT2D eigenvalue weighted by Crippen LogP contribution is -2.54. The molecule has 0 bridgehead atoms. The van der Waals surface area contributed by atoms with Crippen LogP contribution in [0.3, 0.4) is 0 Å². The van der Waals surface area contributed by atoms with Crippen molar-refractivity contribution in [1.82, 2.24) is 10.2 Å². The number of carbonyl (C=O) groups is 2. The summed E-state index contributed by atoms with van der Waals surface area (Å²) in [7, 11) is 2.45. The van der Waals surface area contributed by atoms with Crippen LogP contribution in [0.2, 0.25) is 0 Å². The minimum absolute atomic E-state index is 0.0384. The van der Waals surface area contributed by atoms with Crippen molar-refractivity contribution in [3.8, 4) is 0 Å². The van der Waals surface area contributed by atoms with E-state index < -0.39 is 25.5 Å². The second-order valence-corrected chi connectivity index (χ2v) is 11.5. The fourth-order valence-corrected chi connectivity index (χ4v) is 5.98. The Kier molecular flexibility index (Phi) is 8.47. The zero-order valence-electron chi connectivity index (χ0n) is 15.9. The Labute approximate surface area is 160 Å². The predicted octanol–water partition coefficient (Wildman–Crippen LogP) is 1.90. The van der Waals surface area contributed by atoms with Gasteiger partial charge in [-0.25, -0.2) is 0 Å². The average molecular weight is 401 g/mol. The first-order chi connectivity index (χ1) is 12.5. The van der Waals surface area contributed by atoms with Crippen LogP contribution < -0.4 is 11.1 Å². The number of nitrogens with zero attached hydrogens (tertiary/aromatic N) is 1. The molecule has 7 atom stereocenters. The van der Waals surface area contributed by atoms with Crippen LogP contribution in [0.4, 0.5) is 0 Å². The maximum absolute atomic E-state index is 13.3. The van der Waals surface area contributed by atoms with Crippen LogP contribution in [0.15, 0.2) is 12.7 Å². The van der Waals surface area contributed by atoms with E-state index in [9.17, 15) is 9.59 Å². The summed E-state index contributed by atoms with van der Waals surface area (Å²) in [6.45, 7) is 9.90. The molecule has 2 aliphatic rings. The number of nitrogens with one attached hydrogen (secondary N) is 1. The molecule has 2 fully saturated rings. The molecule has 2 amide bonds. The van der Waals surface area contributed by atoms with Crippen LogP contribution in [0.5, 0.6) is 0 Å².